The molecule has 0 radical (unpaired) electrons. The van der Waals surface area contributed by atoms with E-state index in [1.807, 2.05) is 42.6 Å². The van der Waals surface area contributed by atoms with Crippen LogP contribution in [0.2, 0.25) is 0 Å². The van der Waals surface area contributed by atoms with Crippen LogP contribution < -0.4 is 5.32 Å². The van der Waals surface area contributed by atoms with Crippen LogP contribution in [0.1, 0.15) is 5.69 Å². The molecular weight excluding hydrogens is 310 g/mol. The molecule has 7 nitrogen and oxygen atoms in total. The minimum absolute atomic E-state index is 0.729. The van der Waals surface area contributed by atoms with Crippen molar-refractivity contribution < 1.29 is 19.8 Å². The Labute approximate surface area is 137 Å². The van der Waals surface area contributed by atoms with Crippen molar-refractivity contribution >= 4 is 28.5 Å². The number of nitrogens with zero attached hydrogens (tertiary/aromatic N) is 2. The summed E-state index contributed by atoms with van der Waals surface area (Å²) in [6, 6.07) is 16.1. The summed E-state index contributed by atoms with van der Waals surface area (Å²) in [7, 11) is 0. The van der Waals surface area contributed by atoms with E-state index in [1.54, 1.807) is 6.20 Å². The van der Waals surface area contributed by atoms with Crippen molar-refractivity contribution in [3.8, 4) is 0 Å². The first-order chi connectivity index (χ1) is 11.6. The number of carboxylic acids is 2. The molecule has 0 unspecified atom stereocenters. The van der Waals surface area contributed by atoms with Crippen molar-refractivity contribution in [3.63, 3.8) is 0 Å². The quantitative estimate of drug-likeness (QED) is 0.634. The van der Waals surface area contributed by atoms with Crippen molar-refractivity contribution in [2.75, 3.05) is 5.32 Å². The minimum atomic E-state index is -1.82. The summed E-state index contributed by atoms with van der Waals surface area (Å²) < 4.78 is 0. The molecule has 2 heterocycles. The molecule has 0 spiro atoms. The van der Waals surface area contributed by atoms with Crippen LogP contribution in [0, 0.1) is 0 Å². The lowest BCUT2D eigenvalue weighted by molar-refractivity contribution is -0.159. The molecule has 0 saturated carbocycles. The average molecular weight is 325 g/mol. The number of fused-ring (bicyclic) bond motifs is 1. The number of pyridine rings is 2. The third-order valence-corrected chi connectivity index (χ3v) is 2.99. The van der Waals surface area contributed by atoms with E-state index in [1.165, 1.54) is 0 Å². The lowest BCUT2D eigenvalue weighted by Crippen LogP contribution is -2.09. The maximum absolute atomic E-state index is 9.10. The van der Waals surface area contributed by atoms with Gasteiger partial charge in [-0.05, 0) is 36.4 Å². The van der Waals surface area contributed by atoms with Gasteiger partial charge < -0.3 is 15.5 Å². The van der Waals surface area contributed by atoms with Gasteiger partial charge in [-0.15, -0.1) is 0 Å². The fourth-order valence-corrected chi connectivity index (χ4v) is 1.88. The number of rotatable bonds is 3. The Morgan fingerprint density at radius 1 is 0.917 bits per heavy atom. The maximum atomic E-state index is 9.10. The van der Waals surface area contributed by atoms with Crippen LogP contribution in [-0.2, 0) is 16.1 Å². The number of anilines is 1. The fourth-order valence-electron chi connectivity index (χ4n) is 1.88. The van der Waals surface area contributed by atoms with E-state index < -0.39 is 11.9 Å². The van der Waals surface area contributed by atoms with Gasteiger partial charge in [-0.3, -0.25) is 9.97 Å². The van der Waals surface area contributed by atoms with Gasteiger partial charge in [-0.2, -0.15) is 0 Å². The van der Waals surface area contributed by atoms with Crippen LogP contribution in [-0.4, -0.2) is 32.1 Å². The molecule has 0 amide bonds. The average Bonchev–Trinajstić information content (AvgIpc) is 2.61. The van der Waals surface area contributed by atoms with Gasteiger partial charge in [0.2, 0.25) is 0 Å². The Morgan fingerprint density at radius 3 is 2.33 bits per heavy atom. The Kier molecular flexibility index (Phi) is 5.79. The van der Waals surface area contributed by atoms with Gasteiger partial charge in [0.25, 0.3) is 0 Å². The zero-order valence-corrected chi connectivity index (χ0v) is 12.6. The number of aliphatic carboxylic acids is 2. The highest BCUT2D eigenvalue weighted by Crippen LogP contribution is 2.17. The molecule has 0 bridgehead atoms. The molecule has 0 atom stereocenters. The molecule has 3 aromatic rings. The van der Waals surface area contributed by atoms with E-state index in [9.17, 15) is 0 Å². The second-order valence-electron chi connectivity index (χ2n) is 4.70. The molecular formula is C17H15N3O4. The zero-order valence-electron chi connectivity index (χ0n) is 12.6. The van der Waals surface area contributed by atoms with Crippen molar-refractivity contribution in [1.82, 2.24) is 9.97 Å². The number of benzene rings is 1. The van der Waals surface area contributed by atoms with Crippen LogP contribution in [0.5, 0.6) is 0 Å². The summed E-state index contributed by atoms with van der Waals surface area (Å²) in [5, 5.41) is 19.3. The normalized spacial score (nSPS) is 9.67. The molecule has 3 N–H and O–H groups in total. The number of carbonyl (C=O) groups is 2. The standard InChI is InChI=1S/C15H13N3.C2H2O4/c1-2-8-16-14(5-1)11-18-13-6-7-15-12(10-13)4-3-9-17-15;3-1(4)2(5)6/h1-10,18H,11H2;(H,3,4)(H,5,6). The molecule has 122 valence electrons. The monoisotopic (exact) mass is 325 g/mol. The van der Waals surface area contributed by atoms with Crippen LogP contribution in [0.25, 0.3) is 10.9 Å². The Hall–Kier alpha value is -3.48. The first-order valence-electron chi connectivity index (χ1n) is 7.01. The molecule has 0 aliphatic carbocycles. The number of hydrogen-bond acceptors (Lipinski definition) is 5. The maximum Gasteiger partial charge on any atom is 0.414 e. The molecule has 3 rings (SSSR count). The molecule has 1 aromatic carbocycles. The molecule has 2 aromatic heterocycles. The highest BCUT2D eigenvalue weighted by molar-refractivity contribution is 6.27. The first kappa shape index (κ1) is 16.9. The third kappa shape index (κ3) is 5.06. The first-order valence-corrected chi connectivity index (χ1v) is 7.01. The van der Waals surface area contributed by atoms with Crippen molar-refractivity contribution in [1.29, 1.82) is 0 Å². The van der Waals surface area contributed by atoms with E-state index >= 15 is 0 Å². The van der Waals surface area contributed by atoms with Gasteiger partial charge in [-0.25, -0.2) is 9.59 Å². The lowest BCUT2D eigenvalue weighted by atomic mass is 10.2. The van der Waals surface area contributed by atoms with E-state index in [-0.39, 0.29) is 0 Å². The summed E-state index contributed by atoms with van der Waals surface area (Å²) >= 11 is 0. The van der Waals surface area contributed by atoms with E-state index in [0.717, 1.165) is 28.8 Å². The summed E-state index contributed by atoms with van der Waals surface area (Å²) in [5.41, 5.74) is 3.13. The van der Waals surface area contributed by atoms with Crippen LogP contribution in [0.15, 0.2) is 60.9 Å². The molecule has 0 fully saturated rings. The summed E-state index contributed by atoms with van der Waals surface area (Å²) in [4.78, 5) is 26.8. The lowest BCUT2D eigenvalue weighted by Gasteiger charge is -2.06. The Bertz CT molecular complexity index is 825. The van der Waals surface area contributed by atoms with Gasteiger partial charge in [0.15, 0.2) is 0 Å². The fraction of sp³-hybridized carbons (Fsp3) is 0.0588. The van der Waals surface area contributed by atoms with Gasteiger partial charge in [0.1, 0.15) is 0 Å². The molecule has 24 heavy (non-hydrogen) atoms. The molecule has 7 heteroatoms. The van der Waals surface area contributed by atoms with Gasteiger partial charge in [0, 0.05) is 23.5 Å². The van der Waals surface area contributed by atoms with Crippen molar-refractivity contribution in [2.45, 2.75) is 6.54 Å². The second-order valence-corrected chi connectivity index (χ2v) is 4.70. The predicted octanol–water partition coefficient (Wildman–Crippen LogP) is 2.40. The highest BCUT2D eigenvalue weighted by Gasteiger charge is 2.04. The number of aromatic nitrogens is 2. The SMILES string of the molecule is O=C(O)C(=O)O.c1ccc(CNc2ccc3ncccc3c2)nc1. The zero-order chi connectivity index (χ0) is 17.4. The third-order valence-electron chi connectivity index (χ3n) is 2.99. The summed E-state index contributed by atoms with van der Waals surface area (Å²) in [6.07, 6.45) is 3.62. The van der Waals surface area contributed by atoms with Crippen LogP contribution >= 0.6 is 0 Å². The second kappa shape index (κ2) is 8.23. The molecule has 0 aliphatic rings. The van der Waals surface area contributed by atoms with E-state index in [2.05, 4.69) is 27.4 Å². The number of carboxylic acid groups (broad SMARTS) is 2. The van der Waals surface area contributed by atoms with Gasteiger partial charge >= 0.3 is 11.9 Å². The Balaban J connectivity index is 0.000000301. The van der Waals surface area contributed by atoms with E-state index in [4.69, 9.17) is 19.8 Å². The number of nitrogens with one attached hydrogen (secondary N) is 1. The largest absolute Gasteiger partial charge is 0.473 e. The van der Waals surface area contributed by atoms with Crippen LogP contribution in [0.3, 0.4) is 0 Å². The topological polar surface area (TPSA) is 112 Å². The Morgan fingerprint density at radius 2 is 1.67 bits per heavy atom. The van der Waals surface area contributed by atoms with E-state index in [0.29, 0.717) is 0 Å². The summed E-state index contributed by atoms with van der Waals surface area (Å²) in [6.45, 7) is 0.729. The molecule has 0 aliphatic heterocycles. The van der Waals surface area contributed by atoms with Crippen molar-refractivity contribution in [3.05, 3.63) is 66.6 Å². The summed E-state index contributed by atoms with van der Waals surface area (Å²) in [5.74, 6) is -3.65. The minimum Gasteiger partial charge on any atom is -0.473 e. The smallest absolute Gasteiger partial charge is 0.414 e. The highest BCUT2D eigenvalue weighted by atomic mass is 16.4. The van der Waals surface area contributed by atoms with Gasteiger partial charge in [0.05, 0.1) is 17.8 Å². The molecule has 0 saturated heterocycles. The van der Waals surface area contributed by atoms with Crippen molar-refractivity contribution in [2.24, 2.45) is 0 Å². The van der Waals surface area contributed by atoms with Gasteiger partial charge in [-0.1, -0.05) is 12.1 Å². The predicted molar refractivity (Wildman–Crippen MR) is 88.6 cm³/mol. The van der Waals surface area contributed by atoms with Crippen LogP contribution in [0.4, 0.5) is 5.69 Å². The number of hydrogen-bond donors (Lipinski definition) is 3.